The predicted octanol–water partition coefficient (Wildman–Crippen LogP) is 2.66. The third-order valence-corrected chi connectivity index (χ3v) is 5.52. The zero-order valence-corrected chi connectivity index (χ0v) is 19.5. The first-order chi connectivity index (χ1) is 12.6. The number of rotatable bonds is 5. The number of hydrogen-bond acceptors (Lipinski definition) is 4. The Labute approximate surface area is 184 Å². The summed E-state index contributed by atoms with van der Waals surface area (Å²) in [5, 5.41) is 7.79. The van der Waals surface area contributed by atoms with E-state index in [-0.39, 0.29) is 24.0 Å². The molecular formula is C19H31ClIN5O. The minimum atomic E-state index is 0. The second-order valence-electron chi connectivity index (χ2n) is 7.26. The van der Waals surface area contributed by atoms with E-state index in [1.54, 1.807) is 7.11 Å². The number of halogens is 2. The van der Waals surface area contributed by atoms with Crippen LogP contribution in [0.4, 0.5) is 5.69 Å². The largest absolute Gasteiger partial charge is 0.495 e. The Morgan fingerprint density at radius 2 is 2.11 bits per heavy atom. The number of methoxy groups -OCH3 is 1. The highest BCUT2D eigenvalue weighted by molar-refractivity contribution is 14.0. The highest BCUT2D eigenvalue weighted by Gasteiger charge is 2.26. The molecule has 0 spiro atoms. The lowest BCUT2D eigenvalue weighted by atomic mass is 10.1. The van der Waals surface area contributed by atoms with Gasteiger partial charge in [0, 0.05) is 44.3 Å². The summed E-state index contributed by atoms with van der Waals surface area (Å²) in [6, 6.07) is 6.13. The predicted molar refractivity (Wildman–Crippen MR) is 124 cm³/mol. The fourth-order valence-corrected chi connectivity index (χ4v) is 4.00. The van der Waals surface area contributed by atoms with Gasteiger partial charge < -0.3 is 25.2 Å². The Balaban J connectivity index is 0.00000261. The van der Waals surface area contributed by atoms with E-state index in [2.05, 4.69) is 32.5 Å². The van der Waals surface area contributed by atoms with Crippen LogP contribution >= 0.6 is 35.6 Å². The van der Waals surface area contributed by atoms with Crippen molar-refractivity contribution in [2.24, 2.45) is 10.9 Å². The Morgan fingerprint density at radius 1 is 1.30 bits per heavy atom. The molecule has 2 saturated heterocycles. The van der Waals surface area contributed by atoms with Gasteiger partial charge in [0.1, 0.15) is 5.75 Å². The van der Waals surface area contributed by atoms with Gasteiger partial charge in [0.2, 0.25) is 0 Å². The molecule has 2 heterocycles. The van der Waals surface area contributed by atoms with Gasteiger partial charge in [-0.2, -0.15) is 0 Å². The SMILES string of the molecule is CN=C(NCC1CCN(C)C1)NC1CCN(c2cc(Cl)ccc2OC)C1.I. The lowest BCUT2D eigenvalue weighted by Crippen LogP contribution is -2.46. The number of aliphatic imine (C=N–C) groups is 1. The van der Waals surface area contributed by atoms with Gasteiger partial charge in [0.25, 0.3) is 0 Å². The summed E-state index contributed by atoms with van der Waals surface area (Å²) in [5.41, 5.74) is 1.06. The third-order valence-electron chi connectivity index (χ3n) is 5.28. The summed E-state index contributed by atoms with van der Waals surface area (Å²) in [5.74, 6) is 2.46. The molecule has 2 unspecified atom stereocenters. The average Bonchev–Trinajstić information content (AvgIpc) is 3.27. The number of guanidine groups is 1. The van der Waals surface area contributed by atoms with E-state index in [9.17, 15) is 0 Å². The van der Waals surface area contributed by atoms with Gasteiger partial charge in [0.15, 0.2) is 5.96 Å². The van der Waals surface area contributed by atoms with Crippen molar-refractivity contribution in [3.63, 3.8) is 0 Å². The maximum Gasteiger partial charge on any atom is 0.191 e. The molecular weight excluding hydrogens is 477 g/mol. The van der Waals surface area contributed by atoms with Crippen LogP contribution in [0.15, 0.2) is 23.2 Å². The van der Waals surface area contributed by atoms with E-state index in [0.717, 1.165) is 55.0 Å². The van der Waals surface area contributed by atoms with Crippen LogP contribution in [-0.4, -0.2) is 70.8 Å². The Bertz CT molecular complexity index is 645. The highest BCUT2D eigenvalue weighted by atomic mass is 127. The molecule has 2 fully saturated rings. The Morgan fingerprint density at radius 3 is 2.78 bits per heavy atom. The van der Waals surface area contributed by atoms with Gasteiger partial charge in [-0.1, -0.05) is 11.6 Å². The van der Waals surface area contributed by atoms with Gasteiger partial charge in [-0.3, -0.25) is 4.99 Å². The van der Waals surface area contributed by atoms with E-state index in [0.29, 0.717) is 12.0 Å². The molecule has 0 aromatic heterocycles. The molecule has 0 radical (unpaired) electrons. The molecule has 2 N–H and O–H groups in total. The van der Waals surface area contributed by atoms with Crippen molar-refractivity contribution in [3.05, 3.63) is 23.2 Å². The van der Waals surface area contributed by atoms with Crippen LogP contribution in [0.1, 0.15) is 12.8 Å². The number of hydrogen-bond donors (Lipinski definition) is 2. The first-order valence-electron chi connectivity index (χ1n) is 9.33. The van der Waals surface area contributed by atoms with Crippen molar-refractivity contribution in [2.45, 2.75) is 18.9 Å². The molecule has 0 amide bonds. The average molecular weight is 508 g/mol. The normalized spacial score (nSPS) is 23.3. The topological polar surface area (TPSA) is 52.1 Å². The third kappa shape index (κ3) is 6.02. The minimum absolute atomic E-state index is 0. The van der Waals surface area contributed by atoms with E-state index >= 15 is 0 Å². The Kier molecular flexibility index (Phi) is 8.75. The number of likely N-dealkylation sites (tertiary alicyclic amines) is 1. The van der Waals surface area contributed by atoms with Crippen LogP contribution in [0.3, 0.4) is 0 Å². The first kappa shape index (κ1) is 22.4. The van der Waals surface area contributed by atoms with Gasteiger partial charge in [-0.05, 0) is 50.6 Å². The van der Waals surface area contributed by atoms with Crippen LogP contribution in [0.5, 0.6) is 5.75 Å². The number of ether oxygens (including phenoxy) is 1. The second-order valence-corrected chi connectivity index (χ2v) is 7.70. The molecule has 6 nitrogen and oxygen atoms in total. The van der Waals surface area contributed by atoms with E-state index in [4.69, 9.17) is 16.3 Å². The summed E-state index contributed by atoms with van der Waals surface area (Å²) >= 11 is 6.18. The summed E-state index contributed by atoms with van der Waals surface area (Å²) < 4.78 is 5.49. The van der Waals surface area contributed by atoms with Crippen molar-refractivity contribution < 1.29 is 4.74 Å². The quantitative estimate of drug-likeness (QED) is 0.365. The van der Waals surface area contributed by atoms with Crippen molar-refractivity contribution in [1.82, 2.24) is 15.5 Å². The standard InChI is InChI=1S/C19H30ClN5O.HI/c1-21-19(22-11-14-6-8-24(2)12-14)23-16-7-9-25(13-16)17-10-15(20)4-5-18(17)26-3;/h4-5,10,14,16H,6-9,11-13H2,1-3H3,(H2,21,22,23);1H. The monoisotopic (exact) mass is 507 g/mol. The second kappa shape index (κ2) is 10.6. The van der Waals surface area contributed by atoms with Crippen LogP contribution in [0.25, 0.3) is 0 Å². The van der Waals surface area contributed by atoms with E-state index < -0.39 is 0 Å². The van der Waals surface area contributed by atoms with E-state index in [1.165, 1.54) is 13.0 Å². The molecule has 0 bridgehead atoms. The molecule has 0 saturated carbocycles. The van der Waals surface area contributed by atoms with Crippen LogP contribution in [0, 0.1) is 5.92 Å². The molecule has 1 aromatic rings. The summed E-state index contributed by atoms with van der Waals surface area (Å²) in [6.07, 6.45) is 2.31. The molecule has 152 valence electrons. The molecule has 1 aromatic carbocycles. The van der Waals surface area contributed by atoms with Crippen molar-refractivity contribution in [2.75, 3.05) is 58.8 Å². The maximum atomic E-state index is 6.18. The van der Waals surface area contributed by atoms with Gasteiger partial charge in [0.05, 0.1) is 12.8 Å². The van der Waals surface area contributed by atoms with Gasteiger partial charge in [-0.25, -0.2) is 0 Å². The van der Waals surface area contributed by atoms with Crippen molar-refractivity contribution in [3.8, 4) is 5.75 Å². The molecule has 2 aliphatic rings. The Hall–Kier alpha value is -0.930. The van der Waals surface area contributed by atoms with Crippen LogP contribution in [0.2, 0.25) is 5.02 Å². The number of nitrogens with zero attached hydrogens (tertiary/aromatic N) is 3. The molecule has 0 aliphatic carbocycles. The van der Waals surface area contributed by atoms with Gasteiger partial charge in [-0.15, -0.1) is 24.0 Å². The number of benzene rings is 1. The lowest BCUT2D eigenvalue weighted by Gasteiger charge is -2.23. The fraction of sp³-hybridized carbons (Fsp3) is 0.632. The fourth-order valence-electron chi connectivity index (χ4n) is 3.83. The molecule has 2 aliphatic heterocycles. The molecule has 3 rings (SSSR count). The van der Waals surface area contributed by atoms with Crippen LogP contribution in [-0.2, 0) is 0 Å². The summed E-state index contributed by atoms with van der Waals surface area (Å²) in [6.45, 7) is 5.21. The minimum Gasteiger partial charge on any atom is -0.495 e. The number of nitrogens with one attached hydrogen (secondary N) is 2. The van der Waals surface area contributed by atoms with E-state index in [1.807, 2.05) is 25.2 Å². The molecule has 27 heavy (non-hydrogen) atoms. The summed E-state index contributed by atoms with van der Waals surface area (Å²) in [4.78, 5) is 9.10. The maximum absolute atomic E-state index is 6.18. The number of anilines is 1. The highest BCUT2D eigenvalue weighted by Crippen LogP contribution is 2.33. The molecule has 8 heteroatoms. The zero-order chi connectivity index (χ0) is 18.5. The summed E-state index contributed by atoms with van der Waals surface area (Å²) in [7, 11) is 5.72. The van der Waals surface area contributed by atoms with Crippen molar-refractivity contribution >= 4 is 47.2 Å². The van der Waals surface area contributed by atoms with Gasteiger partial charge >= 0.3 is 0 Å². The lowest BCUT2D eigenvalue weighted by molar-refractivity contribution is 0.393. The zero-order valence-electron chi connectivity index (χ0n) is 16.4. The van der Waals surface area contributed by atoms with Crippen LogP contribution < -0.4 is 20.3 Å². The van der Waals surface area contributed by atoms with Crippen molar-refractivity contribution in [1.29, 1.82) is 0 Å². The molecule has 2 atom stereocenters. The smallest absolute Gasteiger partial charge is 0.191 e. The first-order valence-corrected chi connectivity index (χ1v) is 9.71.